The third-order valence-corrected chi connectivity index (χ3v) is 3.69. The molecule has 0 aliphatic carbocycles. The lowest BCUT2D eigenvalue weighted by Crippen LogP contribution is -2.23. The van der Waals surface area contributed by atoms with Gasteiger partial charge >= 0.3 is 0 Å². The number of rotatable bonds is 4. The Labute approximate surface area is 128 Å². The first-order chi connectivity index (χ1) is 10.2. The maximum absolute atomic E-state index is 6.06. The largest absolute Gasteiger partial charge is 0.352 e. The van der Waals surface area contributed by atoms with Gasteiger partial charge in [0.1, 0.15) is 12.1 Å². The van der Waals surface area contributed by atoms with Gasteiger partial charge in [-0.15, -0.1) is 0 Å². The molecule has 3 aromatic rings. The minimum atomic E-state index is 0.748. The standard InChI is InChI=1S/C15H16ClN5/c1-3-21(9-11-5-4-6-12(16)7-11)15-13-8-19-20(2)14(13)17-10-18-15/h4-8,10H,3,9H2,1-2H3. The van der Waals surface area contributed by atoms with E-state index in [0.29, 0.717) is 0 Å². The van der Waals surface area contributed by atoms with E-state index in [1.165, 1.54) is 0 Å². The van der Waals surface area contributed by atoms with E-state index < -0.39 is 0 Å². The minimum Gasteiger partial charge on any atom is -0.352 e. The van der Waals surface area contributed by atoms with Crippen LogP contribution < -0.4 is 4.90 Å². The van der Waals surface area contributed by atoms with E-state index in [4.69, 9.17) is 11.6 Å². The van der Waals surface area contributed by atoms with Gasteiger partial charge in [0.05, 0.1) is 11.6 Å². The molecule has 0 radical (unpaired) electrons. The molecule has 3 rings (SSSR count). The molecule has 0 spiro atoms. The Morgan fingerprint density at radius 1 is 1.29 bits per heavy atom. The number of aryl methyl sites for hydroxylation is 1. The highest BCUT2D eigenvalue weighted by Crippen LogP contribution is 2.24. The van der Waals surface area contributed by atoms with Crippen molar-refractivity contribution in [2.75, 3.05) is 11.4 Å². The van der Waals surface area contributed by atoms with E-state index in [2.05, 4.69) is 33.0 Å². The molecule has 1 aromatic carbocycles. The molecule has 2 aromatic heterocycles. The van der Waals surface area contributed by atoms with Crippen molar-refractivity contribution in [1.82, 2.24) is 19.7 Å². The van der Waals surface area contributed by atoms with Gasteiger partial charge in [-0.3, -0.25) is 4.68 Å². The molecule has 5 nitrogen and oxygen atoms in total. The topological polar surface area (TPSA) is 46.8 Å². The maximum Gasteiger partial charge on any atom is 0.163 e. The van der Waals surface area contributed by atoms with E-state index in [1.807, 2.05) is 31.4 Å². The fraction of sp³-hybridized carbons (Fsp3) is 0.267. The lowest BCUT2D eigenvalue weighted by Gasteiger charge is -2.22. The van der Waals surface area contributed by atoms with Gasteiger partial charge in [0.15, 0.2) is 5.65 Å². The van der Waals surface area contributed by atoms with Gasteiger partial charge in [-0.1, -0.05) is 23.7 Å². The van der Waals surface area contributed by atoms with Gasteiger partial charge in [0, 0.05) is 25.2 Å². The third-order valence-electron chi connectivity index (χ3n) is 3.45. The van der Waals surface area contributed by atoms with E-state index in [-0.39, 0.29) is 0 Å². The number of hydrogen-bond acceptors (Lipinski definition) is 4. The second-order valence-corrected chi connectivity index (χ2v) is 5.28. The summed E-state index contributed by atoms with van der Waals surface area (Å²) >= 11 is 6.06. The van der Waals surface area contributed by atoms with Gasteiger partial charge in [-0.2, -0.15) is 5.10 Å². The maximum atomic E-state index is 6.06. The monoisotopic (exact) mass is 301 g/mol. The summed E-state index contributed by atoms with van der Waals surface area (Å²) in [5, 5.41) is 5.97. The fourth-order valence-corrected chi connectivity index (χ4v) is 2.61. The Morgan fingerprint density at radius 2 is 2.14 bits per heavy atom. The average Bonchev–Trinajstić information content (AvgIpc) is 2.87. The first kappa shape index (κ1) is 13.8. The van der Waals surface area contributed by atoms with Crippen molar-refractivity contribution in [2.24, 2.45) is 7.05 Å². The molecule has 2 heterocycles. The first-order valence-electron chi connectivity index (χ1n) is 6.81. The molecule has 0 aliphatic heterocycles. The van der Waals surface area contributed by atoms with Crippen LogP contribution in [0.15, 0.2) is 36.8 Å². The highest BCUT2D eigenvalue weighted by atomic mass is 35.5. The minimum absolute atomic E-state index is 0.748. The van der Waals surface area contributed by atoms with Crippen LogP contribution in [0, 0.1) is 0 Å². The Kier molecular flexibility index (Phi) is 3.75. The lowest BCUT2D eigenvalue weighted by molar-refractivity contribution is 0.783. The SMILES string of the molecule is CCN(Cc1cccc(Cl)c1)c1ncnc2c1cnn2C. The summed E-state index contributed by atoms with van der Waals surface area (Å²) in [6, 6.07) is 7.89. The molecule has 21 heavy (non-hydrogen) atoms. The summed E-state index contributed by atoms with van der Waals surface area (Å²) in [7, 11) is 1.88. The number of halogens is 1. The van der Waals surface area contributed by atoms with Crippen molar-refractivity contribution in [2.45, 2.75) is 13.5 Å². The normalized spacial score (nSPS) is 11.0. The zero-order valence-corrected chi connectivity index (χ0v) is 12.7. The number of hydrogen-bond donors (Lipinski definition) is 0. The predicted octanol–water partition coefficient (Wildman–Crippen LogP) is 3.04. The third kappa shape index (κ3) is 2.69. The van der Waals surface area contributed by atoms with Crippen LogP contribution in [0.3, 0.4) is 0 Å². The van der Waals surface area contributed by atoms with Gasteiger partial charge < -0.3 is 4.90 Å². The lowest BCUT2D eigenvalue weighted by atomic mass is 10.2. The molecular weight excluding hydrogens is 286 g/mol. The highest BCUT2D eigenvalue weighted by molar-refractivity contribution is 6.30. The highest BCUT2D eigenvalue weighted by Gasteiger charge is 2.14. The van der Waals surface area contributed by atoms with Crippen LogP contribution in [0.5, 0.6) is 0 Å². The predicted molar refractivity (Wildman–Crippen MR) is 84.5 cm³/mol. The summed E-state index contributed by atoms with van der Waals surface area (Å²) in [5.74, 6) is 0.899. The smallest absolute Gasteiger partial charge is 0.163 e. The molecule has 6 heteroatoms. The van der Waals surface area contributed by atoms with E-state index in [0.717, 1.165) is 40.5 Å². The zero-order valence-electron chi connectivity index (χ0n) is 12.0. The van der Waals surface area contributed by atoms with Crippen LogP contribution in [-0.2, 0) is 13.6 Å². The van der Waals surface area contributed by atoms with Crippen molar-refractivity contribution in [3.05, 3.63) is 47.4 Å². The Hall–Kier alpha value is -2.14. The quantitative estimate of drug-likeness (QED) is 0.743. The van der Waals surface area contributed by atoms with Crippen molar-refractivity contribution < 1.29 is 0 Å². The van der Waals surface area contributed by atoms with Gasteiger partial charge in [0.25, 0.3) is 0 Å². The summed E-state index contributed by atoms with van der Waals surface area (Å²) in [5.41, 5.74) is 1.99. The first-order valence-corrected chi connectivity index (χ1v) is 7.19. The van der Waals surface area contributed by atoms with E-state index >= 15 is 0 Å². The molecule has 0 saturated carbocycles. The second-order valence-electron chi connectivity index (χ2n) is 4.85. The molecule has 108 valence electrons. The zero-order chi connectivity index (χ0) is 14.8. The average molecular weight is 302 g/mol. The summed E-state index contributed by atoms with van der Waals surface area (Å²) < 4.78 is 1.76. The molecule has 0 N–H and O–H groups in total. The van der Waals surface area contributed by atoms with Crippen molar-refractivity contribution in [1.29, 1.82) is 0 Å². The molecule has 0 unspecified atom stereocenters. The van der Waals surface area contributed by atoms with Gasteiger partial charge in [-0.25, -0.2) is 9.97 Å². The van der Waals surface area contributed by atoms with E-state index in [9.17, 15) is 0 Å². The Balaban J connectivity index is 1.98. The second kappa shape index (κ2) is 5.69. The van der Waals surface area contributed by atoms with Gasteiger partial charge in [0.2, 0.25) is 0 Å². The van der Waals surface area contributed by atoms with Crippen molar-refractivity contribution >= 4 is 28.5 Å². The molecule has 0 fully saturated rings. The molecule has 0 bridgehead atoms. The number of nitrogens with zero attached hydrogens (tertiary/aromatic N) is 5. The van der Waals surface area contributed by atoms with Crippen LogP contribution in [0.1, 0.15) is 12.5 Å². The number of fused-ring (bicyclic) bond motifs is 1. The Morgan fingerprint density at radius 3 is 2.90 bits per heavy atom. The van der Waals surface area contributed by atoms with Gasteiger partial charge in [-0.05, 0) is 24.6 Å². The van der Waals surface area contributed by atoms with E-state index in [1.54, 1.807) is 11.0 Å². The van der Waals surface area contributed by atoms with Crippen LogP contribution in [0.4, 0.5) is 5.82 Å². The van der Waals surface area contributed by atoms with Crippen LogP contribution in [0.25, 0.3) is 11.0 Å². The molecule has 0 aliphatic rings. The summed E-state index contributed by atoms with van der Waals surface area (Å²) in [6.45, 7) is 3.69. The molecule has 0 atom stereocenters. The number of benzene rings is 1. The van der Waals surface area contributed by atoms with Crippen molar-refractivity contribution in [3.8, 4) is 0 Å². The summed E-state index contributed by atoms with van der Waals surface area (Å²) in [4.78, 5) is 10.9. The van der Waals surface area contributed by atoms with Crippen LogP contribution in [-0.4, -0.2) is 26.3 Å². The van der Waals surface area contributed by atoms with Crippen LogP contribution in [0.2, 0.25) is 5.02 Å². The van der Waals surface area contributed by atoms with Crippen molar-refractivity contribution in [3.63, 3.8) is 0 Å². The molecule has 0 amide bonds. The number of aromatic nitrogens is 4. The van der Waals surface area contributed by atoms with Crippen LogP contribution >= 0.6 is 11.6 Å². The Bertz CT molecular complexity index is 768. The fourth-order valence-electron chi connectivity index (χ4n) is 2.39. The number of anilines is 1. The molecular formula is C15H16ClN5. The molecule has 0 saturated heterocycles. The summed E-state index contributed by atoms with van der Waals surface area (Å²) in [6.07, 6.45) is 3.39.